The van der Waals surface area contributed by atoms with E-state index in [1.165, 1.54) is 6.08 Å². The summed E-state index contributed by atoms with van der Waals surface area (Å²) in [4.78, 5) is 27.0. The van der Waals surface area contributed by atoms with Gasteiger partial charge in [0.15, 0.2) is 0 Å². The fourth-order valence-electron chi connectivity index (χ4n) is 3.85. The van der Waals surface area contributed by atoms with Crippen LogP contribution in [0.4, 0.5) is 0 Å². The summed E-state index contributed by atoms with van der Waals surface area (Å²) in [6.45, 7) is 8.91. The van der Waals surface area contributed by atoms with Gasteiger partial charge in [-0.05, 0) is 12.3 Å². The van der Waals surface area contributed by atoms with Gasteiger partial charge in [-0.2, -0.15) is 0 Å². The van der Waals surface area contributed by atoms with Gasteiger partial charge in [-0.15, -0.1) is 0 Å². The smallest absolute Gasteiger partial charge is 0.246 e. The zero-order chi connectivity index (χ0) is 18.9. The monoisotopic (exact) mass is 371 g/mol. The van der Waals surface area contributed by atoms with Gasteiger partial charge in [0, 0.05) is 25.2 Å². The average molecular weight is 372 g/mol. The number of carbonyl (C=O) groups is 2. The Bertz CT molecular complexity index is 657. The number of nitrogens with one attached hydrogen (secondary N) is 1. The molecule has 1 N–H and O–H groups in total. The van der Waals surface area contributed by atoms with E-state index in [0.29, 0.717) is 25.6 Å². The zero-order valence-electron chi connectivity index (χ0n) is 15.6. The molecule has 0 radical (unpaired) electrons. The van der Waals surface area contributed by atoms with Crippen LogP contribution in [0, 0.1) is 11.8 Å². The third-order valence-electron chi connectivity index (χ3n) is 4.85. The molecule has 2 saturated heterocycles. The fourth-order valence-corrected chi connectivity index (χ4v) is 5.02. The van der Waals surface area contributed by atoms with Crippen molar-refractivity contribution in [1.82, 2.24) is 14.5 Å². The molecule has 0 unspecified atom stereocenters. The molecule has 2 fully saturated rings. The lowest BCUT2D eigenvalue weighted by molar-refractivity contribution is -0.131. The molecule has 0 aromatic rings. The van der Waals surface area contributed by atoms with Crippen molar-refractivity contribution in [2.24, 2.45) is 11.8 Å². The highest BCUT2D eigenvalue weighted by molar-refractivity contribution is 7.88. The molecular formula is C17H29N3O4S. The third kappa shape index (κ3) is 4.06. The van der Waals surface area contributed by atoms with Gasteiger partial charge >= 0.3 is 0 Å². The van der Waals surface area contributed by atoms with Gasteiger partial charge in [-0.3, -0.25) is 9.59 Å². The van der Waals surface area contributed by atoms with E-state index >= 15 is 0 Å². The highest BCUT2D eigenvalue weighted by Gasteiger charge is 2.58. The molecule has 0 aromatic heterocycles. The van der Waals surface area contributed by atoms with Crippen molar-refractivity contribution in [1.29, 1.82) is 0 Å². The van der Waals surface area contributed by atoms with Gasteiger partial charge in [-0.1, -0.05) is 33.8 Å². The van der Waals surface area contributed by atoms with Crippen LogP contribution in [0.2, 0.25) is 0 Å². The van der Waals surface area contributed by atoms with Crippen molar-refractivity contribution in [2.75, 3.05) is 19.3 Å². The molecule has 0 spiro atoms. The SMILES string of the molecule is CC(C)NCC=CC(=O)N1CC[C@H]2[C@H]1[C@@H](C(C)C)C(=O)N2S(C)(=O)=O. The normalized spacial score (nSPS) is 27.2. The minimum absolute atomic E-state index is 0.0354. The second kappa shape index (κ2) is 7.45. The zero-order valence-corrected chi connectivity index (χ0v) is 16.4. The van der Waals surface area contributed by atoms with Crippen LogP contribution >= 0.6 is 0 Å². The van der Waals surface area contributed by atoms with Crippen molar-refractivity contribution in [2.45, 2.75) is 52.2 Å². The number of sulfonamides is 1. The van der Waals surface area contributed by atoms with E-state index in [2.05, 4.69) is 5.32 Å². The molecule has 0 aliphatic carbocycles. The first-order valence-corrected chi connectivity index (χ1v) is 10.6. The van der Waals surface area contributed by atoms with Crippen LogP contribution in [0.5, 0.6) is 0 Å². The summed E-state index contributed by atoms with van der Waals surface area (Å²) in [5, 5.41) is 3.20. The van der Waals surface area contributed by atoms with Crippen LogP contribution < -0.4 is 5.32 Å². The molecule has 2 amide bonds. The summed E-state index contributed by atoms with van der Waals surface area (Å²) in [7, 11) is -3.63. The van der Waals surface area contributed by atoms with E-state index in [0.717, 1.165) is 10.6 Å². The summed E-state index contributed by atoms with van der Waals surface area (Å²) >= 11 is 0. The van der Waals surface area contributed by atoms with Gasteiger partial charge in [0.1, 0.15) is 0 Å². The summed E-state index contributed by atoms with van der Waals surface area (Å²) in [6.07, 6.45) is 4.84. The number of hydrogen-bond acceptors (Lipinski definition) is 5. The largest absolute Gasteiger partial charge is 0.333 e. The van der Waals surface area contributed by atoms with Crippen LogP contribution in [0.3, 0.4) is 0 Å². The molecule has 2 heterocycles. The van der Waals surface area contributed by atoms with Crippen LogP contribution in [0.1, 0.15) is 34.1 Å². The number of nitrogens with zero attached hydrogens (tertiary/aromatic N) is 2. The summed E-state index contributed by atoms with van der Waals surface area (Å²) in [5.41, 5.74) is 0. The number of fused-ring (bicyclic) bond motifs is 1. The molecular weight excluding hydrogens is 342 g/mol. The lowest BCUT2D eigenvalue weighted by Crippen LogP contribution is -2.43. The number of carbonyl (C=O) groups excluding carboxylic acids is 2. The topological polar surface area (TPSA) is 86.8 Å². The number of hydrogen-bond donors (Lipinski definition) is 1. The summed E-state index contributed by atoms with van der Waals surface area (Å²) < 4.78 is 25.2. The van der Waals surface area contributed by atoms with E-state index in [9.17, 15) is 18.0 Å². The first-order valence-electron chi connectivity index (χ1n) is 8.79. The number of likely N-dealkylation sites (tertiary alicyclic amines) is 1. The highest BCUT2D eigenvalue weighted by atomic mass is 32.2. The minimum Gasteiger partial charge on any atom is -0.333 e. The molecule has 3 atom stereocenters. The Kier molecular flexibility index (Phi) is 5.93. The van der Waals surface area contributed by atoms with Gasteiger partial charge < -0.3 is 10.2 Å². The maximum Gasteiger partial charge on any atom is 0.246 e. The van der Waals surface area contributed by atoms with Crippen LogP contribution in [0.15, 0.2) is 12.2 Å². The summed E-state index contributed by atoms with van der Waals surface area (Å²) in [6, 6.07) is -0.490. The van der Waals surface area contributed by atoms with Gasteiger partial charge in [0.05, 0.1) is 24.3 Å². The predicted octanol–water partition coefficient (Wildman–Crippen LogP) is 0.584. The van der Waals surface area contributed by atoms with Gasteiger partial charge in [-0.25, -0.2) is 12.7 Å². The van der Waals surface area contributed by atoms with E-state index in [1.807, 2.05) is 27.7 Å². The molecule has 2 rings (SSSR count). The Balaban J connectivity index is 2.21. The standard InChI is InChI=1S/C17H29N3O4S/c1-11(2)15-16-13(20(17(15)22)25(5,23)24)8-10-19(16)14(21)7-6-9-18-12(3)4/h6-7,11-13,15-16,18H,8-10H2,1-5H3/t13-,15+,16-/m0/s1. The highest BCUT2D eigenvalue weighted by Crippen LogP contribution is 2.41. The van der Waals surface area contributed by atoms with Crippen molar-refractivity contribution in [3.63, 3.8) is 0 Å². The minimum atomic E-state index is -3.63. The second-order valence-corrected chi connectivity index (χ2v) is 9.37. The van der Waals surface area contributed by atoms with Crippen molar-refractivity contribution >= 4 is 21.8 Å². The quantitative estimate of drug-likeness (QED) is 0.691. The lowest BCUT2D eigenvalue weighted by Gasteiger charge is -2.28. The Labute approximate surface area is 150 Å². The molecule has 0 aromatic carbocycles. The van der Waals surface area contributed by atoms with Crippen LogP contribution in [0.25, 0.3) is 0 Å². The molecule has 8 heteroatoms. The first-order chi connectivity index (χ1) is 11.6. The van der Waals surface area contributed by atoms with E-state index in [-0.39, 0.29) is 23.8 Å². The fraction of sp³-hybridized carbons (Fsp3) is 0.765. The molecule has 2 aliphatic heterocycles. The van der Waals surface area contributed by atoms with E-state index < -0.39 is 22.0 Å². The lowest BCUT2D eigenvalue weighted by atomic mass is 9.88. The Morgan fingerprint density at radius 2 is 1.96 bits per heavy atom. The molecule has 142 valence electrons. The van der Waals surface area contributed by atoms with Gasteiger partial charge in [0.25, 0.3) is 0 Å². The Morgan fingerprint density at radius 3 is 2.48 bits per heavy atom. The van der Waals surface area contributed by atoms with E-state index in [4.69, 9.17) is 0 Å². The van der Waals surface area contributed by atoms with Crippen molar-refractivity contribution < 1.29 is 18.0 Å². The maximum absolute atomic E-state index is 12.7. The number of rotatable bonds is 6. The van der Waals surface area contributed by atoms with Crippen molar-refractivity contribution in [3.8, 4) is 0 Å². The third-order valence-corrected chi connectivity index (χ3v) is 6.02. The van der Waals surface area contributed by atoms with Crippen molar-refractivity contribution in [3.05, 3.63) is 12.2 Å². The summed E-state index contributed by atoms with van der Waals surface area (Å²) in [5.74, 6) is -1.05. The molecule has 7 nitrogen and oxygen atoms in total. The molecule has 25 heavy (non-hydrogen) atoms. The second-order valence-electron chi connectivity index (χ2n) is 7.51. The van der Waals surface area contributed by atoms with Crippen LogP contribution in [-0.2, 0) is 19.6 Å². The van der Waals surface area contributed by atoms with Crippen LogP contribution in [-0.4, -0.2) is 66.9 Å². The molecule has 0 saturated carbocycles. The predicted molar refractivity (Wildman–Crippen MR) is 96.2 cm³/mol. The first kappa shape index (κ1) is 19.9. The Morgan fingerprint density at radius 1 is 1.32 bits per heavy atom. The average Bonchev–Trinajstić information content (AvgIpc) is 2.97. The Hall–Kier alpha value is -1.41. The maximum atomic E-state index is 12.7. The van der Waals surface area contributed by atoms with E-state index in [1.54, 1.807) is 11.0 Å². The number of amides is 2. The molecule has 2 aliphatic rings. The van der Waals surface area contributed by atoms with Gasteiger partial charge in [0.2, 0.25) is 21.8 Å². The molecule has 0 bridgehead atoms.